The van der Waals surface area contributed by atoms with Gasteiger partial charge in [-0.2, -0.15) is 0 Å². The van der Waals surface area contributed by atoms with Crippen LogP contribution in [0.25, 0.3) is 0 Å². The summed E-state index contributed by atoms with van der Waals surface area (Å²) < 4.78 is 2.55. The number of hydrogen-bond acceptors (Lipinski definition) is 1. The van der Waals surface area contributed by atoms with Crippen molar-refractivity contribution in [3.63, 3.8) is 0 Å². The van der Waals surface area contributed by atoms with E-state index in [1.807, 2.05) is 0 Å². The summed E-state index contributed by atoms with van der Waals surface area (Å²) in [5.41, 5.74) is 2.17. The van der Waals surface area contributed by atoms with Gasteiger partial charge in [0.05, 0.1) is 0 Å². The summed E-state index contributed by atoms with van der Waals surface area (Å²) in [5, 5.41) is 0. The van der Waals surface area contributed by atoms with E-state index >= 15 is 0 Å². The molecule has 0 aromatic rings. The van der Waals surface area contributed by atoms with Crippen molar-refractivity contribution in [2.75, 3.05) is 13.1 Å². The molecule has 60 valence electrons. The molecular weight excluding hydrogens is 138 g/mol. The Kier molecular flexibility index (Phi) is 5.64. The fourth-order valence-electron chi connectivity index (χ4n) is 1.27. The largest absolute Gasteiger partial charge is 0.323 e. The molecule has 0 aromatic carbocycles. The average molecular weight is 157 g/mol. The second-order valence-electron chi connectivity index (χ2n) is 2.43. The molecule has 0 spiro atoms. The Hall–Kier alpha value is -0.0831. The van der Waals surface area contributed by atoms with E-state index in [9.17, 15) is 0 Å². The highest BCUT2D eigenvalue weighted by Crippen LogP contribution is 1.99. The average Bonchev–Trinajstić information content (AvgIpc) is 2.00. The highest BCUT2D eigenvalue weighted by atomic mass is 28.3. The van der Waals surface area contributed by atoms with Crippen LogP contribution in [0.15, 0.2) is 12.3 Å². The van der Waals surface area contributed by atoms with Gasteiger partial charge in [0.15, 0.2) is 0 Å². The van der Waals surface area contributed by atoms with E-state index in [4.69, 9.17) is 0 Å². The van der Waals surface area contributed by atoms with E-state index in [1.54, 1.807) is 0 Å². The molecule has 0 fully saturated rings. The molecule has 0 aromatic heterocycles. The van der Waals surface area contributed by atoms with Crippen LogP contribution in [-0.2, 0) is 0 Å². The molecule has 2 heteroatoms. The van der Waals surface area contributed by atoms with Crippen molar-refractivity contribution >= 4 is 8.96 Å². The van der Waals surface area contributed by atoms with Gasteiger partial charge in [0.25, 0.3) is 0 Å². The summed E-state index contributed by atoms with van der Waals surface area (Å²) in [7, 11) is -0.710. The predicted octanol–water partition coefficient (Wildman–Crippen LogP) is 1.80. The number of hydrogen-bond donors (Lipinski definition) is 0. The Labute approximate surface area is 66.4 Å². The maximum Gasteiger partial charge on any atom is 0.135 e. The summed E-state index contributed by atoms with van der Waals surface area (Å²) in [6, 6.07) is 1.31. The summed E-state index contributed by atoms with van der Waals surface area (Å²) in [5.74, 6) is 0. The van der Waals surface area contributed by atoms with Crippen molar-refractivity contribution in [2.24, 2.45) is 0 Å². The van der Waals surface area contributed by atoms with Gasteiger partial charge >= 0.3 is 0 Å². The highest BCUT2D eigenvalue weighted by molar-refractivity contribution is 6.61. The molecule has 0 amide bonds. The zero-order chi connectivity index (χ0) is 7.98. The number of nitrogens with zero attached hydrogens (tertiary/aromatic N) is 1. The zero-order valence-corrected chi connectivity index (χ0v) is 8.59. The van der Waals surface area contributed by atoms with E-state index in [1.165, 1.54) is 19.1 Å². The number of rotatable bonds is 5. The lowest BCUT2D eigenvalue weighted by atomic mass is 10.7. The lowest BCUT2D eigenvalue weighted by Crippen LogP contribution is -2.36. The first-order chi connectivity index (χ1) is 4.79. The molecule has 10 heavy (non-hydrogen) atoms. The van der Waals surface area contributed by atoms with Crippen molar-refractivity contribution in [3.05, 3.63) is 12.3 Å². The maximum absolute atomic E-state index is 3.87. The third-order valence-electron chi connectivity index (χ3n) is 1.97. The predicted molar refractivity (Wildman–Crippen MR) is 50.7 cm³/mol. The van der Waals surface area contributed by atoms with Crippen LogP contribution in [-0.4, -0.2) is 26.6 Å². The first kappa shape index (κ1) is 9.92. The Balaban J connectivity index is 3.81. The molecule has 0 rings (SSSR count). The van der Waals surface area contributed by atoms with Gasteiger partial charge in [0, 0.05) is 0 Å². The van der Waals surface area contributed by atoms with Crippen LogP contribution in [0.5, 0.6) is 0 Å². The Morgan fingerprint density at radius 1 is 1.30 bits per heavy atom. The van der Waals surface area contributed by atoms with E-state index in [2.05, 4.69) is 37.6 Å². The quantitative estimate of drug-likeness (QED) is 0.550. The molecule has 0 radical (unpaired) electrons. The van der Waals surface area contributed by atoms with Gasteiger partial charge in [0.2, 0.25) is 0 Å². The van der Waals surface area contributed by atoms with Gasteiger partial charge < -0.3 is 4.57 Å². The van der Waals surface area contributed by atoms with Crippen LogP contribution in [0.2, 0.25) is 6.04 Å². The van der Waals surface area contributed by atoms with Crippen molar-refractivity contribution in [1.29, 1.82) is 0 Å². The lowest BCUT2D eigenvalue weighted by molar-refractivity contribution is 0.483. The minimum Gasteiger partial charge on any atom is -0.323 e. The first-order valence-electron chi connectivity index (χ1n) is 4.16. The van der Waals surface area contributed by atoms with Gasteiger partial charge in [-0.1, -0.05) is 26.5 Å². The van der Waals surface area contributed by atoms with E-state index < -0.39 is 8.96 Å². The normalized spacial score (nSPS) is 13.6. The SMILES string of the molecule is C=C[SiH](CC)N(CC)CC. The van der Waals surface area contributed by atoms with Crippen LogP contribution in [0.1, 0.15) is 20.8 Å². The summed E-state index contributed by atoms with van der Waals surface area (Å²) in [4.78, 5) is 0. The molecule has 0 saturated carbocycles. The molecule has 0 aliphatic rings. The third-order valence-corrected chi connectivity index (χ3v) is 5.02. The summed E-state index contributed by atoms with van der Waals surface area (Å²) in [6.45, 7) is 13.0. The third kappa shape index (κ3) is 2.67. The molecule has 0 aliphatic heterocycles. The molecule has 1 nitrogen and oxygen atoms in total. The van der Waals surface area contributed by atoms with Gasteiger partial charge in [-0.3, -0.25) is 0 Å². The molecule has 0 heterocycles. The monoisotopic (exact) mass is 157 g/mol. The fraction of sp³-hybridized carbons (Fsp3) is 0.750. The Bertz CT molecular complexity index is 89.3. The zero-order valence-electron chi connectivity index (χ0n) is 7.43. The van der Waals surface area contributed by atoms with Crippen molar-refractivity contribution in [1.82, 2.24) is 4.57 Å². The van der Waals surface area contributed by atoms with Gasteiger partial charge in [-0.25, -0.2) is 0 Å². The Morgan fingerprint density at radius 3 is 1.90 bits per heavy atom. The molecule has 1 unspecified atom stereocenters. The minimum absolute atomic E-state index is 0.710. The van der Waals surface area contributed by atoms with Crippen molar-refractivity contribution in [2.45, 2.75) is 26.8 Å². The maximum atomic E-state index is 3.87. The van der Waals surface area contributed by atoms with Crippen LogP contribution in [0, 0.1) is 0 Å². The second-order valence-corrected chi connectivity index (χ2v) is 5.59. The molecular formula is C8H19NSi. The van der Waals surface area contributed by atoms with Crippen LogP contribution in [0.3, 0.4) is 0 Å². The summed E-state index contributed by atoms with van der Waals surface area (Å²) in [6.07, 6.45) is 0. The molecule has 0 bridgehead atoms. The standard InChI is InChI=1S/C8H19NSi/c1-5-9(6-2)10(7-3)8-4/h7,10H,3,5-6,8H2,1-2,4H3. The van der Waals surface area contributed by atoms with Crippen LogP contribution >= 0.6 is 0 Å². The van der Waals surface area contributed by atoms with Crippen molar-refractivity contribution < 1.29 is 0 Å². The Morgan fingerprint density at radius 2 is 1.80 bits per heavy atom. The van der Waals surface area contributed by atoms with Gasteiger partial charge in [-0.15, -0.1) is 6.58 Å². The highest BCUT2D eigenvalue weighted by Gasteiger charge is 2.09. The minimum atomic E-state index is -0.710. The molecule has 0 saturated heterocycles. The topological polar surface area (TPSA) is 3.24 Å². The molecule has 0 aliphatic carbocycles. The van der Waals surface area contributed by atoms with E-state index in [0.717, 1.165) is 0 Å². The van der Waals surface area contributed by atoms with E-state index in [0.29, 0.717) is 0 Å². The lowest BCUT2D eigenvalue weighted by Gasteiger charge is -2.24. The van der Waals surface area contributed by atoms with E-state index in [-0.39, 0.29) is 0 Å². The van der Waals surface area contributed by atoms with Gasteiger partial charge in [-0.05, 0) is 19.1 Å². The van der Waals surface area contributed by atoms with Gasteiger partial charge in [0.1, 0.15) is 8.96 Å². The van der Waals surface area contributed by atoms with Crippen molar-refractivity contribution in [3.8, 4) is 0 Å². The molecule has 1 atom stereocenters. The summed E-state index contributed by atoms with van der Waals surface area (Å²) >= 11 is 0. The van der Waals surface area contributed by atoms with Crippen LogP contribution < -0.4 is 0 Å². The fourth-order valence-corrected chi connectivity index (χ4v) is 3.35. The van der Waals surface area contributed by atoms with Crippen LogP contribution in [0.4, 0.5) is 0 Å². The molecule has 0 N–H and O–H groups in total. The second kappa shape index (κ2) is 5.68. The smallest absolute Gasteiger partial charge is 0.135 e. The first-order valence-corrected chi connectivity index (χ1v) is 6.16.